The van der Waals surface area contributed by atoms with E-state index < -0.39 is 0 Å². The van der Waals surface area contributed by atoms with Crippen molar-refractivity contribution in [3.8, 4) is 5.75 Å². The second-order valence-corrected chi connectivity index (χ2v) is 4.34. The van der Waals surface area contributed by atoms with Crippen LogP contribution in [0.1, 0.15) is 12.0 Å². The van der Waals surface area contributed by atoms with Gasteiger partial charge in [0, 0.05) is 31.0 Å². The van der Waals surface area contributed by atoms with Gasteiger partial charge in [-0.15, -0.1) is 0 Å². The molecule has 2 rings (SSSR count). The van der Waals surface area contributed by atoms with Crippen molar-refractivity contribution < 1.29 is 4.74 Å². The Morgan fingerprint density at radius 3 is 3.00 bits per heavy atom. The Balaban J connectivity index is 1.86. The Kier molecular flexibility index (Phi) is 4.61. The summed E-state index contributed by atoms with van der Waals surface area (Å²) in [6.07, 6.45) is 6.38. The third-order valence-electron chi connectivity index (χ3n) is 2.63. The van der Waals surface area contributed by atoms with Crippen molar-refractivity contribution in [1.29, 1.82) is 0 Å². The average molecular weight is 266 g/mol. The molecule has 1 aromatic carbocycles. The Bertz CT molecular complexity index is 485. The minimum absolute atomic E-state index is 0.428. The summed E-state index contributed by atoms with van der Waals surface area (Å²) in [5.41, 5.74) is 6.59. The molecule has 1 aromatic heterocycles. The molecule has 0 amide bonds. The number of nitrogens with zero attached hydrogens (tertiary/aromatic N) is 2. The fourth-order valence-electron chi connectivity index (χ4n) is 1.72. The number of rotatable bonds is 6. The number of nitrogens with two attached hydrogens (primary N) is 1. The van der Waals surface area contributed by atoms with Crippen LogP contribution in [-0.4, -0.2) is 16.2 Å². The first-order valence-electron chi connectivity index (χ1n) is 5.87. The molecule has 4 nitrogen and oxygen atoms in total. The smallest absolute Gasteiger partial charge is 0.142 e. The van der Waals surface area contributed by atoms with Gasteiger partial charge in [0.05, 0.1) is 18.0 Å². The van der Waals surface area contributed by atoms with Crippen LogP contribution in [0, 0.1) is 0 Å². The monoisotopic (exact) mass is 265 g/mol. The largest absolute Gasteiger partial charge is 0.492 e. The van der Waals surface area contributed by atoms with Crippen LogP contribution in [0.15, 0.2) is 36.9 Å². The van der Waals surface area contributed by atoms with Gasteiger partial charge >= 0.3 is 0 Å². The molecule has 0 aliphatic rings. The van der Waals surface area contributed by atoms with Crippen LogP contribution in [0.4, 0.5) is 0 Å². The number of benzene rings is 1. The Hall–Kier alpha value is -1.52. The summed E-state index contributed by atoms with van der Waals surface area (Å²) in [4.78, 5) is 3.99. The summed E-state index contributed by atoms with van der Waals surface area (Å²) in [7, 11) is 0. The molecular weight excluding hydrogens is 250 g/mol. The van der Waals surface area contributed by atoms with E-state index in [2.05, 4.69) is 4.98 Å². The predicted octanol–water partition coefficient (Wildman–Crippen LogP) is 2.46. The third-order valence-corrected chi connectivity index (χ3v) is 2.93. The first-order chi connectivity index (χ1) is 8.81. The van der Waals surface area contributed by atoms with Crippen LogP contribution in [0.3, 0.4) is 0 Å². The van der Waals surface area contributed by atoms with Crippen molar-refractivity contribution in [1.82, 2.24) is 9.55 Å². The van der Waals surface area contributed by atoms with E-state index in [-0.39, 0.29) is 0 Å². The summed E-state index contributed by atoms with van der Waals surface area (Å²) < 4.78 is 7.73. The lowest BCUT2D eigenvalue weighted by Crippen LogP contribution is -2.06. The lowest BCUT2D eigenvalue weighted by Gasteiger charge is -2.12. The molecule has 0 aliphatic carbocycles. The molecule has 0 saturated heterocycles. The maximum atomic E-state index is 6.09. The lowest BCUT2D eigenvalue weighted by molar-refractivity contribution is 0.299. The number of imidazole rings is 1. The highest BCUT2D eigenvalue weighted by Gasteiger charge is 2.06. The number of ether oxygens (including phenoxy) is 1. The third kappa shape index (κ3) is 3.24. The molecule has 2 N–H and O–H groups in total. The second kappa shape index (κ2) is 6.42. The van der Waals surface area contributed by atoms with Crippen LogP contribution < -0.4 is 10.5 Å². The Morgan fingerprint density at radius 1 is 1.39 bits per heavy atom. The highest BCUT2D eigenvalue weighted by Crippen LogP contribution is 2.28. The van der Waals surface area contributed by atoms with Crippen molar-refractivity contribution in [2.45, 2.75) is 19.5 Å². The summed E-state index contributed by atoms with van der Waals surface area (Å²) in [6.45, 7) is 1.91. The second-order valence-electron chi connectivity index (χ2n) is 3.93. The van der Waals surface area contributed by atoms with Crippen molar-refractivity contribution in [2.24, 2.45) is 5.73 Å². The zero-order valence-electron chi connectivity index (χ0n) is 10.1. The van der Waals surface area contributed by atoms with Gasteiger partial charge in [-0.05, 0) is 12.5 Å². The van der Waals surface area contributed by atoms with Crippen molar-refractivity contribution in [3.05, 3.63) is 47.5 Å². The van der Waals surface area contributed by atoms with E-state index in [1.54, 1.807) is 12.5 Å². The summed E-state index contributed by atoms with van der Waals surface area (Å²) >= 11 is 6.09. The number of halogens is 1. The van der Waals surface area contributed by atoms with Crippen molar-refractivity contribution in [2.75, 3.05) is 6.61 Å². The van der Waals surface area contributed by atoms with Gasteiger partial charge in [0.15, 0.2) is 0 Å². The zero-order chi connectivity index (χ0) is 12.8. The van der Waals surface area contributed by atoms with Gasteiger partial charge in [-0.25, -0.2) is 4.98 Å². The number of aromatic nitrogens is 2. The average Bonchev–Trinajstić information content (AvgIpc) is 2.89. The summed E-state index contributed by atoms with van der Waals surface area (Å²) in [6, 6.07) is 5.62. The molecule has 0 bridgehead atoms. The molecule has 0 unspecified atom stereocenters. The van der Waals surface area contributed by atoms with Gasteiger partial charge in [-0.3, -0.25) is 0 Å². The molecule has 96 valence electrons. The zero-order valence-corrected chi connectivity index (χ0v) is 10.8. The molecule has 0 saturated carbocycles. The minimum Gasteiger partial charge on any atom is -0.492 e. The molecule has 5 heteroatoms. The number of hydrogen-bond donors (Lipinski definition) is 1. The highest BCUT2D eigenvalue weighted by molar-refractivity contribution is 6.32. The number of para-hydroxylation sites is 1. The van der Waals surface area contributed by atoms with Crippen LogP contribution in [0.2, 0.25) is 5.02 Å². The molecular formula is C13H16ClN3O. The molecule has 1 heterocycles. The van der Waals surface area contributed by atoms with E-state index >= 15 is 0 Å². The SMILES string of the molecule is NCc1cccc(Cl)c1OCCCn1ccnc1. The van der Waals surface area contributed by atoms with Gasteiger partial charge in [0.25, 0.3) is 0 Å². The topological polar surface area (TPSA) is 53.1 Å². The van der Waals surface area contributed by atoms with Gasteiger partial charge in [0.1, 0.15) is 5.75 Å². The van der Waals surface area contributed by atoms with Crippen LogP contribution in [0.5, 0.6) is 5.75 Å². The molecule has 0 aliphatic heterocycles. The van der Waals surface area contributed by atoms with E-state index in [4.69, 9.17) is 22.1 Å². The molecule has 0 atom stereocenters. The summed E-state index contributed by atoms with van der Waals surface area (Å²) in [5, 5.41) is 0.612. The van der Waals surface area contributed by atoms with E-state index in [0.29, 0.717) is 23.9 Å². The normalized spacial score (nSPS) is 10.6. The van der Waals surface area contributed by atoms with Gasteiger partial charge in [0.2, 0.25) is 0 Å². The molecule has 0 spiro atoms. The van der Waals surface area contributed by atoms with Crippen molar-refractivity contribution in [3.63, 3.8) is 0 Å². The van der Waals surface area contributed by atoms with Crippen molar-refractivity contribution >= 4 is 11.6 Å². The predicted molar refractivity (Wildman–Crippen MR) is 71.7 cm³/mol. The summed E-state index contributed by atoms with van der Waals surface area (Å²) in [5.74, 6) is 0.701. The van der Waals surface area contributed by atoms with E-state index in [0.717, 1.165) is 18.5 Å². The van der Waals surface area contributed by atoms with Crippen LogP contribution in [-0.2, 0) is 13.1 Å². The maximum absolute atomic E-state index is 6.09. The van der Waals surface area contributed by atoms with E-state index in [1.807, 2.05) is 29.0 Å². The maximum Gasteiger partial charge on any atom is 0.142 e. The number of aryl methyl sites for hydroxylation is 1. The Morgan fingerprint density at radius 2 is 2.28 bits per heavy atom. The lowest BCUT2D eigenvalue weighted by atomic mass is 10.2. The highest BCUT2D eigenvalue weighted by atomic mass is 35.5. The van der Waals surface area contributed by atoms with Gasteiger partial charge in [-0.1, -0.05) is 23.7 Å². The quantitative estimate of drug-likeness (QED) is 0.817. The van der Waals surface area contributed by atoms with Gasteiger partial charge in [-0.2, -0.15) is 0 Å². The van der Waals surface area contributed by atoms with Crippen LogP contribution >= 0.6 is 11.6 Å². The molecule has 18 heavy (non-hydrogen) atoms. The Labute approximate surface area is 111 Å². The van der Waals surface area contributed by atoms with E-state index in [9.17, 15) is 0 Å². The number of hydrogen-bond acceptors (Lipinski definition) is 3. The standard InChI is InChI=1S/C13H16ClN3O/c14-12-4-1-3-11(9-15)13(12)18-8-2-6-17-7-5-16-10-17/h1,3-5,7,10H,2,6,8-9,15H2. The fraction of sp³-hybridized carbons (Fsp3) is 0.308. The minimum atomic E-state index is 0.428. The molecule has 0 radical (unpaired) electrons. The first-order valence-corrected chi connectivity index (χ1v) is 6.25. The first kappa shape index (κ1) is 12.9. The molecule has 2 aromatic rings. The fourth-order valence-corrected chi connectivity index (χ4v) is 1.96. The van der Waals surface area contributed by atoms with Gasteiger partial charge < -0.3 is 15.0 Å². The van der Waals surface area contributed by atoms with E-state index in [1.165, 1.54) is 0 Å². The van der Waals surface area contributed by atoms with Crippen LogP contribution in [0.25, 0.3) is 0 Å². The molecule has 0 fully saturated rings.